The fourth-order valence-corrected chi connectivity index (χ4v) is 1.14. The van der Waals surface area contributed by atoms with Gasteiger partial charge in [0.15, 0.2) is 0 Å². The summed E-state index contributed by atoms with van der Waals surface area (Å²) >= 11 is 0. The number of carbonyl (C=O) groups excluding carboxylic acids is 1. The van der Waals surface area contributed by atoms with Crippen LogP contribution in [0.4, 0.5) is 52.7 Å². The van der Waals surface area contributed by atoms with E-state index < -0.39 is 42.1 Å². The Balaban J connectivity index is 3.70. The summed E-state index contributed by atoms with van der Waals surface area (Å²) in [5, 5.41) is 0. The van der Waals surface area contributed by atoms with Gasteiger partial charge in [-0.3, -0.25) is 14.3 Å². The van der Waals surface area contributed by atoms with Crippen LogP contribution >= 0.6 is 0 Å². The summed E-state index contributed by atoms with van der Waals surface area (Å²) in [5.74, 6) is -18.0. The minimum Gasteiger partial charge on any atom is -0.286 e. The Labute approximate surface area is 110 Å². The van der Waals surface area contributed by atoms with E-state index in [1.54, 1.807) is 0 Å². The van der Waals surface area contributed by atoms with Gasteiger partial charge >= 0.3 is 36.3 Å². The smallest absolute Gasteiger partial charge is 0.286 e. The van der Waals surface area contributed by atoms with Crippen molar-refractivity contribution in [2.24, 2.45) is 0 Å². The molecule has 0 aromatic heterocycles. The Morgan fingerprint density at radius 1 is 0.636 bits per heavy atom. The fraction of sp³-hybridized carbons (Fsp3) is 0.857. The first-order chi connectivity index (χ1) is 9.32. The van der Waals surface area contributed by atoms with Crippen LogP contribution < -0.4 is 0 Å². The molecule has 0 N–H and O–H groups in total. The third-order valence-corrected chi connectivity index (χ3v) is 2.19. The summed E-state index contributed by atoms with van der Waals surface area (Å²) in [6, 6.07) is 0. The molecule has 0 saturated carbocycles. The fourth-order valence-electron chi connectivity index (χ4n) is 1.14. The van der Waals surface area contributed by atoms with Gasteiger partial charge in [0.25, 0.3) is 5.78 Å². The molecule has 0 spiro atoms. The minimum atomic E-state index is -7.06. The monoisotopic (exact) mass is 360 g/mol. The average molecular weight is 360 g/mol. The second-order valence-electron chi connectivity index (χ2n) is 3.75. The maximum atomic E-state index is 13.3. The lowest BCUT2D eigenvalue weighted by atomic mass is 10.0. The van der Waals surface area contributed by atoms with Crippen LogP contribution in [0, 0.1) is 0 Å². The van der Waals surface area contributed by atoms with Crippen molar-refractivity contribution < 1.29 is 67.0 Å². The van der Waals surface area contributed by atoms with E-state index in [0.717, 1.165) is 0 Å². The first-order valence-corrected chi connectivity index (χ1v) is 4.54. The summed E-state index contributed by atoms with van der Waals surface area (Å²) in [5.41, 5.74) is 0. The normalized spacial score (nSPS) is 36.1. The molecule has 0 aromatic carbocycles. The van der Waals surface area contributed by atoms with Crippen molar-refractivity contribution in [1.29, 1.82) is 0 Å². The van der Waals surface area contributed by atoms with Gasteiger partial charge in [-0.2, -0.15) is 52.7 Å². The molecule has 1 rings (SSSR count). The lowest BCUT2D eigenvalue weighted by Gasteiger charge is -2.30. The van der Waals surface area contributed by atoms with Crippen molar-refractivity contribution in [3.63, 3.8) is 0 Å². The number of hydrogen-bond acceptors (Lipinski definition) is 3. The second kappa shape index (κ2) is 4.39. The number of halogens is 12. The molecule has 2 unspecified atom stereocenters. The standard InChI is InChI=1S/C7F12O3/c8-2(4(10,11)12)1(20)3(9,5(13,14)15)22-7(18,19)6(16,17)21-2. The van der Waals surface area contributed by atoms with Gasteiger partial charge in [-0.25, -0.2) is 0 Å². The van der Waals surface area contributed by atoms with Crippen LogP contribution in [-0.4, -0.2) is 42.1 Å². The highest BCUT2D eigenvalue weighted by atomic mass is 19.4. The molecule has 15 heteroatoms. The van der Waals surface area contributed by atoms with E-state index in [-0.39, 0.29) is 0 Å². The average Bonchev–Trinajstić information content (AvgIpc) is 2.25. The van der Waals surface area contributed by atoms with Crippen molar-refractivity contribution >= 4 is 5.78 Å². The number of rotatable bonds is 0. The van der Waals surface area contributed by atoms with Gasteiger partial charge in [0.05, 0.1) is 0 Å². The van der Waals surface area contributed by atoms with Crippen molar-refractivity contribution in [3.8, 4) is 0 Å². The highest BCUT2D eigenvalue weighted by molar-refractivity contribution is 5.94. The largest absolute Gasteiger partial charge is 0.456 e. The maximum Gasteiger partial charge on any atom is 0.456 e. The summed E-state index contributed by atoms with van der Waals surface area (Å²) < 4.78 is 154. The van der Waals surface area contributed by atoms with E-state index in [4.69, 9.17) is 0 Å². The summed E-state index contributed by atoms with van der Waals surface area (Å²) in [7, 11) is 0. The third kappa shape index (κ3) is 2.39. The van der Waals surface area contributed by atoms with Gasteiger partial charge in [-0.1, -0.05) is 0 Å². The van der Waals surface area contributed by atoms with Crippen LogP contribution in [-0.2, 0) is 14.3 Å². The molecule has 1 aliphatic heterocycles. The topological polar surface area (TPSA) is 35.5 Å². The van der Waals surface area contributed by atoms with Gasteiger partial charge in [0.2, 0.25) is 0 Å². The molecule has 0 radical (unpaired) electrons. The zero-order chi connectivity index (χ0) is 18.0. The first kappa shape index (κ1) is 18.8. The molecule has 130 valence electrons. The lowest BCUT2D eigenvalue weighted by molar-refractivity contribution is -0.488. The van der Waals surface area contributed by atoms with Crippen LogP contribution in [0.25, 0.3) is 0 Å². The van der Waals surface area contributed by atoms with Crippen LogP contribution in [0.1, 0.15) is 0 Å². The van der Waals surface area contributed by atoms with Gasteiger partial charge < -0.3 is 0 Å². The predicted octanol–water partition coefficient (Wildman–Crippen LogP) is 3.24. The van der Waals surface area contributed by atoms with Crippen molar-refractivity contribution in [2.75, 3.05) is 0 Å². The van der Waals surface area contributed by atoms with Crippen LogP contribution in [0.15, 0.2) is 0 Å². The molecule has 1 saturated heterocycles. The zero-order valence-corrected chi connectivity index (χ0v) is 9.26. The van der Waals surface area contributed by atoms with Crippen molar-refractivity contribution in [2.45, 2.75) is 36.3 Å². The molecule has 0 aromatic rings. The zero-order valence-electron chi connectivity index (χ0n) is 9.26. The Morgan fingerprint density at radius 3 is 1.05 bits per heavy atom. The van der Waals surface area contributed by atoms with Gasteiger partial charge in [0.1, 0.15) is 0 Å². The number of alkyl halides is 12. The maximum absolute atomic E-state index is 13.3. The summed E-state index contributed by atoms with van der Waals surface area (Å²) in [6.07, 6.45) is -27.6. The SMILES string of the molecule is O=C1C(F)(C(F)(F)F)OC(F)(F)C(F)(F)OC1(F)C(F)(F)F. The van der Waals surface area contributed by atoms with Crippen molar-refractivity contribution in [1.82, 2.24) is 0 Å². The van der Waals surface area contributed by atoms with Gasteiger partial charge in [-0.15, -0.1) is 0 Å². The molecular formula is C7F12O3. The lowest BCUT2D eigenvalue weighted by Crippen LogP contribution is -2.62. The minimum absolute atomic E-state index is 1.88. The van der Waals surface area contributed by atoms with E-state index in [1.807, 2.05) is 9.47 Å². The molecule has 1 fully saturated rings. The molecular weight excluding hydrogens is 360 g/mol. The predicted molar refractivity (Wildman–Crippen MR) is 36.9 cm³/mol. The van der Waals surface area contributed by atoms with Crippen LogP contribution in [0.5, 0.6) is 0 Å². The number of ether oxygens (including phenoxy) is 2. The summed E-state index contributed by atoms with van der Waals surface area (Å²) in [6.45, 7) is 0. The van der Waals surface area contributed by atoms with E-state index in [0.29, 0.717) is 0 Å². The Bertz CT molecular complexity index is 438. The molecule has 1 heterocycles. The molecule has 0 aliphatic carbocycles. The van der Waals surface area contributed by atoms with E-state index >= 15 is 0 Å². The van der Waals surface area contributed by atoms with Gasteiger partial charge in [0, 0.05) is 0 Å². The Morgan fingerprint density at radius 2 is 0.864 bits per heavy atom. The van der Waals surface area contributed by atoms with E-state index in [1.165, 1.54) is 0 Å². The molecule has 2 atom stereocenters. The molecule has 0 amide bonds. The number of Topliss-reactive ketones (excluding diaryl/α,β-unsaturated/α-hetero) is 1. The Hall–Kier alpha value is -1.25. The summed E-state index contributed by atoms with van der Waals surface area (Å²) in [4.78, 5) is 10.8. The van der Waals surface area contributed by atoms with E-state index in [2.05, 4.69) is 0 Å². The van der Waals surface area contributed by atoms with E-state index in [9.17, 15) is 57.5 Å². The highest BCUT2D eigenvalue weighted by Gasteiger charge is 2.85. The quantitative estimate of drug-likeness (QED) is 0.623. The Kier molecular flexibility index (Phi) is 3.75. The molecule has 1 aliphatic rings. The molecule has 0 bridgehead atoms. The number of carbonyl (C=O) groups is 1. The molecule has 3 nitrogen and oxygen atoms in total. The molecule has 22 heavy (non-hydrogen) atoms. The number of ketones is 1. The third-order valence-electron chi connectivity index (χ3n) is 2.19. The van der Waals surface area contributed by atoms with Crippen molar-refractivity contribution in [3.05, 3.63) is 0 Å². The first-order valence-electron chi connectivity index (χ1n) is 4.54. The number of hydrogen-bond donors (Lipinski definition) is 0. The highest BCUT2D eigenvalue weighted by Crippen LogP contribution is 2.55. The van der Waals surface area contributed by atoms with Gasteiger partial charge in [-0.05, 0) is 0 Å². The second-order valence-corrected chi connectivity index (χ2v) is 3.75. The van der Waals surface area contributed by atoms with Crippen LogP contribution in [0.3, 0.4) is 0 Å². The van der Waals surface area contributed by atoms with Crippen LogP contribution in [0.2, 0.25) is 0 Å².